The quantitative estimate of drug-likeness (QED) is 0.766. The van der Waals surface area contributed by atoms with Gasteiger partial charge in [-0.2, -0.15) is 0 Å². The van der Waals surface area contributed by atoms with E-state index < -0.39 is 0 Å². The predicted molar refractivity (Wildman–Crippen MR) is 56.9 cm³/mol. The van der Waals surface area contributed by atoms with Crippen LogP contribution in [0.2, 0.25) is 0 Å². The van der Waals surface area contributed by atoms with Gasteiger partial charge in [0.25, 0.3) is 0 Å². The first-order valence-corrected chi connectivity index (χ1v) is 4.71. The molecule has 16 heavy (non-hydrogen) atoms. The van der Waals surface area contributed by atoms with Crippen LogP contribution < -0.4 is 10.6 Å². The summed E-state index contributed by atoms with van der Waals surface area (Å²) < 4.78 is 6.71. The smallest absolute Gasteiger partial charge is 0.119 e. The van der Waals surface area contributed by atoms with Crippen LogP contribution in [0, 0.1) is 0 Å². The van der Waals surface area contributed by atoms with E-state index in [-0.39, 0.29) is 6.61 Å². The lowest BCUT2D eigenvalue weighted by Gasteiger charge is -2.01. The molecule has 6 nitrogen and oxygen atoms in total. The van der Waals surface area contributed by atoms with Crippen LogP contribution in [-0.4, -0.2) is 22.1 Å². The highest BCUT2D eigenvalue weighted by molar-refractivity contribution is 5.36. The minimum atomic E-state index is 0.246. The molecule has 2 rings (SSSR count). The van der Waals surface area contributed by atoms with Crippen LogP contribution in [0.1, 0.15) is 5.69 Å². The van der Waals surface area contributed by atoms with Crippen molar-refractivity contribution in [1.29, 1.82) is 0 Å². The van der Waals surface area contributed by atoms with Crippen molar-refractivity contribution in [2.24, 2.45) is 5.90 Å². The van der Waals surface area contributed by atoms with E-state index in [1.54, 1.807) is 18.0 Å². The largest absolute Gasteiger partial charge is 0.497 e. The van der Waals surface area contributed by atoms with Gasteiger partial charge in [-0.25, -0.2) is 10.6 Å². The summed E-state index contributed by atoms with van der Waals surface area (Å²) in [5, 5.41) is 7.85. The zero-order chi connectivity index (χ0) is 11.4. The van der Waals surface area contributed by atoms with Crippen molar-refractivity contribution in [3.8, 4) is 11.4 Å². The first kappa shape index (κ1) is 10.6. The number of hydrogen-bond donors (Lipinski definition) is 1. The van der Waals surface area contributed by atoms with Crippen molar-refractivity contribution in [3.63, 3.8) is 0 Å². The van der Waals surface area contributed by atoms with Crippen molar-refractivity contribution in [1.82, 2.24) is 15.0 Å². The molecule has 0 bridgehead atoms. The van der Waals surface area contributed by atoms with Crippen molar-refractivity contribution in [3.05, 3.63) is 36.2 Å². The van der Waals surface area contributed by atoms with E-state index in [4.69, 9.17) is 10.6 Å². The van der Waals surface area contributed by atoms with Gasteiger partial charge in [0, 0.05) is 0 Å². The molecular formula is C10H12N4O2. The Balaban J connectivity index is 2.21. The first-order chi connectivity index (χ1) is 7.83. The van der Waals surface area contributed by atoms with Crippen LogP contribution in [0.15, 0.2) is 30.5 Å². The summed E-state index contributed by atoms with van der Waals surface area (Å²) in [5.74, 6) is 5.75. The lowest BCUT2D eigenvalue weighted by atomic mass is 10.3. The molecule has 0 amide bonds. The maximum absolute atomic E-state index is 5.07. The zero-order valence-corrected chi connectivity index (χ0v) is 8.83. The highest BCUT2D eigenvalue weighted by atomic mass is 16.6. The molecule has 0 unspecified atom stereocenters. The Hall–Kier alpha value is -1.92. The SMILES string of the molecule is COc1ccc(-n2cc(CON)nn2)cc1. The third kappa shape index (κ3) is 2.18. The molecule has 6 heteroatoms. The molecule has 2 aromatic rings. The van der Waals surface area contributed by atoms with Gasteiger partial charge in [-0.15, -0.1) is 5.10 Å². The Kier molecular flexibility index (Phi) is 3.13. The molecule has 1 aromatic heterocycles. The molecule has 0 aliphatic rings. The summed E-state index contributed by atoms with van der Waals surface area (Å²) in [6, 6.07) is 7.49. The lowest BCUT2D eigenvalue weighted by Crippen LogP contribution is -1.98. The Morgan fingerprint density at radius 3 is 2.69 bits per heavy atom. The van der Waals surface area contributed by atoms with Gasteiger partial charge >= 0.3 is 0 Å². The van der Waals surface area contributed by atoms with Gasteiger partial charge in [0.15, 0.2) is 0 Å². The molecule has 1 heterocycles. The summed E-state index contributed by atoms with van der Waals surface area (Å²) >= 11 is 0. The van der Waals surface area contributed by atoms with Crippen molar-refractivity contribution in [2.75, 3.05) is 7.11 Å². The minimum absolute atomic E-state index is 0.246. The maximum atomic E-state index is 5.07. The van der Waals surface area contributed by atoms with Crippen LogP contribution >= 0.6 is 0 Å². The van der Waals surface area contributed by atoms with Crippen molar-refractivity contribution < 1.29 is 9.57 Å². The molecule has 0 saturated carbocycles. The summed E-state index contributed by atoms with van der Waals surface area (Å²) in [4.78, 5) is 4.48. The predicted octanol–water partition coefficient (Wildman–Crippen LogP) is 0.666. The molecule has 0 aliphatic carbocycles. The Morgan fingerprint density at radius 1 is 1.31 bits per heavy atom. The van der Waals surface area contributed by atoms with Gasteiger partial charge in [0.2, 0.25) is 0 Å². The van der Waals surface area contributed by atoms with E-state index in [2.05, 4.69) is 15.1 Å². The fraction of sp³-hybridized carbons (Fsp3) is 0.200. The summed E-state index contributed by atoms with van der Waals surface area (Å²) in [5.41, 5.74) is 1.58. The highest BCUT2D eigenvalue weighted by Crippen LogP contribution is 2.14. The van der Waals surface area contributed by atoms with E-state index in [9.17, 15) is 0 Å². The van der Waals surface area contributed by atoms with E-state index in [1.807, 2.05) is 24.3 Å². The van der Waals surface area contributed by atoms with Crippen LogP contribution in [0.4, 0.5) is 0 Å². The normalized spacial score (nSPS) is 10.4. The van der Waals surface area contributed by atoms with Gasteiger partial charge in [-0.1, -0.05) is 5.21 Å². The average molecular weight is 220 g/mol. The van der Waals surface area contributed by atoms with Crippen molar-refractivity contribution >= 4 is 0 Å². The second-order valence-corrected chi connectivity index (χ2v) is 3.16. The maximum Gasteiger partial charge on any atom is 0.119 e. The average Bonchev–Trinajstić information content (AvgIpc) is 2.78. The van der Waals surface area contributed by atoms with Crippen LogP contribution in [-0.2, 0) is 11.4 Å². The lowest BCUT2D eigenvalue weighted by molar-refractivity contribution is 0.121. The molecule has 0 aliphatic heterocycles. The molecule has 2 N–H and O–H groups in total. The molecule has 0 fully saturated rings. The third-order valence-corrected chi connectivity index (χ3v) is 2.11. The standard InChI is InChI=1S/C10H12N4O2/c1-15-10-4-2-9(3-5-10)14-6-8(7-16-11)12-13-14/h2-6H,7,11H2,1H3. The number of nitrogens with zero attached hydrogens (tertiary/aromatic N) is 3. The zero-order valence-electron chi connectivity index (χ0n) is 8.83. The van der Waals surface area contributed by atoms with E-state index in [1.165, 1.54) is 0 Å². The monoisotopic (exact) mass is 220 g/mol. The number of hydrogen-bond acceptors (Lipinski definition) is 5. The summed E-state index contributed by atoms with van der Waals surface area (Å²) in [7, 11) is 1.63. The van der Waals surface area contributed by atoms with E-state index >= 15 is 0 Å². The third-order valence-electron chi connectivity index (χ3n) is 2.11. The molecule has 0 radical (unpaired) electrons. The molecule has 0 spiro atoms. The number of rotatable bonds is 4. The fourth-order valence-corrected chi connectivity index (χ4v) is 1.31. The number of aromatic nitrogens is 3. The fourth-order valence-electron chi connectivity index (χ4n) is 1.31. The van der Waals surface area contributed by atoms with Gasteiger partial charge in [-0.3, -0.25) is 4.84 Å². The second kappa shape index (κ2) is 4.73. The minimum Gasteiger partial charge on any atom is -0.497 e. The van der Waals surface area contributed by atoms with Crippen LogP contribution in [0.5, 0.6) is 5.75 Å². The van der Waals surface area contributed by atoms with Gasteiger partial charge in [0.05, 0.1) is 19.0 Å². The summed E-state index contributed by atoms with van der Waals surface area (Å²) in [6.45, 7) is 0.246. The van der Waals surface area contributed by atoms with Gasteiger partial charge in [0.1, 0.15) is 18.1 Å². The highest BCUT2D eigenvalue weighted by Gasteiger charge is 2.02. The second-order valence-electron chi connectivity index (χ2n) is 3.16. The van der Waals surface area contributed by atoms with Crippen molar-refractivity contribution in [2.45, 2.75) is 6.61 Å². The Morgan fingerprint density at radius 2 is 2.06 bits per heavy atom. The van der Waals surface area contributed by atoms with E-state index in [0.717, 1.165) is 11.4 Å². The van der Waals surface area contributed by atoms with Gasteiger partial charge in [-0.05, 0) is 24.3 Å². The molecule has 0 atom stereocenters. The number of nitrogens with two attached hydrogens (primary N) is 1. The van der Waals surface area contributed by atoms with Crippen LogP contribution in [0.3, 0.4) is 0 Å². The number of methoxy groups -OCH3 is 1. The number of benzene rings is 1. The Labute approximate surface area is 92.5 Å². The summed E-state index contributed by atoms with van der Waals surface area (Å²) in [6.07, 6.45) is 1.76. The number of ether oxygens (including phenoxy) is 1. The topological polar surface area (TPSA) is 75.2 Å². The van der Waals surface area contributed by atoms with E-state index in [0.29, 0.717) is 5.69 Å². The van der Waals surface area contributed by atoms with Crippen LogP contribution in [0.25, 0.3) is 5.69 Å². The molecular weight excluding hydrogens is 208 g/mol. The molecule has 84 valence electrons. The molecule has 0 saturated heterocycles. The molecule has 1 aromatic carbocycles. The van der Waals surface area contributed by atoms with Gasteiger partial charge < -0.3 is 4.74 Å². The first-order valence-electron chi connectivity index (χ1n) is 4.71. The Bertz CT molecular complexity index is 452.